The summed E-state index contributed by atoms with van der Waals surface area (Å²) in [5, 5.41) is 2.92. The zero-order valence-corrected chi connectivity index (χ0v) is 20.1. The van der Waals surface area contributed by atoms with Crippen LogP contribution in [0.3, 0.4) is 0 Å². The minimum Gasteiger partial charge on any atom is -0.379 e. The third kappa shape index (κ3) is 6.83. The summed E-state index contributed by atoms with van der Waals surface area (Å²) in [5.74, 6) is -0.993. The highest BCUT2D eigenvalue weighted by Crippen LogP contribution is 2.22. The second kappa shape index (κ2) is 11.2. The molecule has 0 spiro atoms. The van der Waals surface area contributed by atoms with E-state index in [9.17, 15) is 17.6 Å². The Morgan fingerprint density at radius 3 is 2.24 bits per heavy atom. The van der Waals surface area contributed by atoms with Crippen LogP contribution in [-0.4, -0.2) is 58.1 Å². The molecule has 1 aliphatic heterocycles. The number of amides is 1. The zero-order chi connectivity index (χ0) is 24.0. The molecular formula is C24H32FN3O4S. The summed E-state index contributed by atoms with van der Waals surface area (Å²) in [5.41, 5.74) is 1.82. The predicted molar refractivity (Wildman–Crippen MR) is 125 cm³/mol. The van der Waals surface area contributed by atoms with Gasteiger partial charge in [0.1, 0.15) is 11.9 Å². The lowest BCUT2D eigenvalue weighted by Gasteiger charge is -2.35. The summed E-state index contributed by atoms with van der Waals surface area (Å²) >= 11 is 0. The fourth-order valence-electron chi connectivity index (χ4n) is 3.78. The summed E-state index contributed by atoms with van der Waals surface area (Å²) in [6.07, 6.45) is 0. The van der Waals surface area contributed by atoms with Crippen molar-refractivity contribution in [3.63, 3.8) is 0 Å². The van der Waals surface area contributed by atoms with Gasteiger partial charge in [-0.3, -0.25) is 9.69 Å². The van der Waals surface area contributed by atoms with Crippen LogP contribution in [0.4, 0.5) is 4.39 Å². The van der Waals surface area contributed by atoms with Gasteiger partial charge in [-0.25, -0.2) is 12.8 Å². The maximum Gasteiger partial charge on any atom is 0.241 e. The quantitative estimate of drug-likeness (QED) is 0.580. The molecule has 7 nitrogen and oxygen atoms in total. The van der Waals surface area contributed by atoms with Crippen molar-refractivity contribution < 1.29 is 22.3 Å². The van der Waals surface area contributed by atoms with Crippen molar-refractivity contribution in [1.82, 2.24) is 14.9 Å². The van der Waals surface area contributed by atoms with Crippen molar-refractivity contribution in [2.45, 2.75) is 37.8 Å². The van der Waals surface area contributed by atoms with Crippen molar-refractivity contribution in [3.8, 4) is 0 Å². The number of carbonyl (C=O) groups is 1. The molecule has 1 saturated heterocycles. The van der Waals surface area contributed by atoms with Crippen LogP contribution in [-0.2, 0) is 19.6 Å². The van der Waals surface area contributed by atoms with Gasteiger partial charge in [-0.15, -0.1) is 0 Å². The third-order valence-electron chi connectivity index (χ3n) is 5.77. The summed E-state index contributed by atoms with van der Waals surface area (Å²) in [7, 11) is -3.86. The van der Waals surface area contributed by atoms with Crippen LogP contribution in [0, 0.1) is 18.7 Å². The second-order valence-corrected chi connectivity index (χ2v) is 10.3. The fraction of sp³-hybridized carbons (Fsp3) is 0.458. The van der Waals surface area contributed by atoms with Gasteiger partial charge in [-0.05, 0) is 42.7 Å². The Kier molecular flexibility index (Phi) is 8.58. The topological polar surface area (TPSA) is 87.7 Å². The van der Waals surface area contributed by atoms with E-state index in [2.05, 4.69) is 14.9 Å². The Hall–Kier alpha value is -2.33. The second-order valence-electron chi connectivity index (χ2n) is 8.62. The van der Waals surface area contributed by atoms with E-state index in [1.807, 2.05) is 6.92 Å². The van der Waals surface area contributed by atoms with E-state index in [-0.39, 0.29) is 29.2 Å². The van der Waals surface area contributed by atoms with E-state index in [0.717, 1.165) is 11.1 Å². The monoisotopic (exact) mass is 477 g/mol. The minimum atomic E-state index is -3.86. The lowest BCUT2D eigenvalue weighted by molar-refractivity contribution is -0.124. The van der Waals surface area contributed by atoms with Crippen molar-refractivity contribution in [2.75, 3.05) is 32.8 Å². The number of carbonyl (C=O) groups excluding carboxylic acids is 1. The van der Waals surface area contributed by atoms with Gasteiger partial charge in [-0.1, -0.05) is 43.7 Å². The number of rotatable bonds is 9. The molecule has 1 heterocycles. The number of aryl methyl sites for hydroxylation is 1. The van der Waals surface area contributed by atoms with E-state index in [1.165, 1.54) is 24.3 Å². The summed E-state index contributed by atoms with van der Waals surface area (Å²) in [6.45, 7) is 8.26. The number of hydrogen-bond donors (Lipinski definition) is 2. The number of nitrogens with zero attached hydrogens (tertiary/aromatic N) is 1. The molecular weight excluding hydrogens is 445 g/mol. The molecule has 2 N–H and O–H groups in total. The maximum absolute atomic E-state index is 13.5. The first-order valence-electron chi connectivity index (χ1n) is 11.1. The Morgan fingerprint density at radius 2 is 1.67 bits per heavy atom. The molecule has 33 heavy (non-hydrogen) atoms. The van der Waals surface area contributed by atoms with Crippen molar-refractivity contribution in [2.24, 2.45) is 5.92 Å². The number of benzene rings is 2. The molecule has 1 aliphatic rings. The molecule has 1 fully saturated rings. The van der Waals surface area contributed by atoms with Crippen LogP contribution < -0.4 is 10.0 Å². The molecule has 0 aliphatic carbocycles. The summed E-state index contributed by atoms with van der Waals surface area (Å²) < 4.78 is 47.2. The first-order valence-corrected chi connectivity index (χ1v) is 12.6. The van der Waals surface area contributed by atoms with Gasteiger partial charge < -0.3 is 10.1 Å². The number of ether oxygens (including phenoxy) is 1. The van der Waals surface area contributed by atoms with Gasteiger partial charge in [0, 0.05) is 19.6 Å². The van der Waals surface area contributed by atoms with Crippen LogP contribution in [0.2, 0.25) is 0 Å². The van der Waals surface area contributed by atoms with Crippen LogP contribution in [0.1, 0.15) is 31.0 Å². The van der Waals surface area contributed by atoms with Crippen molar-refractivity contribution in [1.29, 1.82) is 0 Å². The Morgan fingerprint density at radius 1 is 1.06 bits per heavy atom. The Balaban J connectivity index is 1.73. The van der Waals surface area contributed by atoms with E-state index in [0.29, 0.717) is 26.3 Å². The number of sulfonamides is 1. The summed E-state index contributed by atoms with van der Waals surface area (Å²) in [4.78, 5) is 15.4. The largest absolute Gasteiger partial charge is 0.379 e. The third-order valence-corrected chi connectivity index (χ3v) is 7.23. The Bertz CT molecular complexity index is 1020. The lowest BCUT2D eigenvalue weighted by atomic mass is 10.0. The molecule has 0 radical (unpaired) electrons. The van der Waals surface area contributed by atoms with Crippen LogP contribution in [0.15, 0.2) is 53.4 Å². The van der Waals surface area contributed by atoms with Gasteiger partial charge in [-0.2, -0.15) is 4.72 Å². The van der Waals surface area contributed by atoms with Crippen LogP contribution in [0.5, 0.6) is 0 Å². The predicted octanol–water partition coefficient (Wildman–Crippen LogP) is 2.63. The van der Waals surface area contributed by atoms with Gasteiger partial charge in [0.2, 0.25) is 15.9 Å². The maximum atomic E-state index is 13.5. The normalized spacial score (nSPS) is 17.0. The average Bonchev–Trinajstić information content (AvgIpc) is 2.79. The number of hydrogen-bond acceptors (Lipinski definition) is 5. The Labute approximate surface area is 195 Å². The first-order chi connectivity index (χ1) is 15.7. The van der Waals surface area contributed by atoms with E-state index >= 15 is 0 Å². The molecule has 2 atom stereocenters. The molecule has 1 amide bonds. The summed E-state index contributed by atoms with van der Waals surface area (Å²) in [6, 6.07) is 11.6. The van der Waals surface area contributed by atoms with E-state index in [1.54, 1.807) is 38.1 Å². The molecule has 180 valence electrons. The molecule has 2 aromatic rings. The highest BCUT2D eigenvalue weighted by Gasteiger charge is 2.30. The van der Waals surface area contributed by atoms with Gasteiger partial charge >= 0.3 is 0 Å². The highest BCUT2D eigenvalue weighted by molar-refractivity contribution is 7.89. The zero-order valence-electron chi connectivity index (χ0n) is 19.3. The fourth-order valence-corrected chi connectivity index (χ4v) is 5.13. The lowest BCUT2D eigenvalue weighted by Crippen LogP contribution is -2.51. The van der Waals surface area contributed by atoms with Crippen LogP contribution >= 0.6 is 0 Å². The van der Waals surface area contributed by atoms with E-state index < -0.39 is 22.0 Å². The molecule has 0 bridgehead atoms. The highest BCUT2D eigenvalue weighted by atomic mass is 32.2. The van der Waals surface area contributed by atoms with Gasteiger partial charge in [0.05, 0.1) is 24.2 Å². The molecule has 9 heteroatoms. The molecule has 0 unspecified atom stereocenters. The van der Waals surface area contributed by atoms with Gasteiger partial charge in [0.15, 0.2) is 0 Å². The first kappa shape index (κ1) is 25.3. The smallest absolute Gasteiger partial charge is 0.241 e. The average molecular weight is 478 g/mol. The standard InChI is InChI=1S/C24H32FN3O4S/c1-17(2)23(27-33(30,31)21-10-4-18(3)5-11-21)24(29)26-16-22(28-12-14-32-15-13-28)19-6-8-20(25)9-7-19/h4-11,17,22-23,27H,12-16H2,1-3H3,(H,26,29)/t22-,23-/m0/s1. The minimum absolute atomic E-state index is 0.115. The SMILES string of the molecule is Cc1ccc(S(=O)(=O)N[C@H](C(=O)NC[C@@H](c2ccc(F)cc2)N2CCOCC2)C(C)C)cc1. The van der Waals surface area contributed by atoms with E-state index in [4.69, 9.17) is 4.74 Å². The number of nitrogens with one attached hydrogen (secondary N) is 2. The van der Waals surface area contributed by atoms with Crippen molar-refractivity contribution >= 4 is 15.9 Å². The molecule has 3 rings (SSSR count). The van der Waals surface area contributed by atoms with Crippen molar-refractivity contribution in [3.05, 3.63) is 65.5 Å². The molecule has 0 saturated carbocycles. The van der Waals surface area contributed by atoms with Crippen LogP contribution in [0.25, 0.3) is 0 Å². The molecule has 0 aromatic heterocycles. The van der Waals surface area contributed by atoms with Gasteiger partial charge in [0.25, 0.3) is 0 Å². The number of morpholine rings is 1. The number of halogens is 1. The molecule has 2 aromatic carbocycles.